The van der Waals surface area contributed by atoms with Gasteiger partial charge in [-0.1, -0.05) is 18.2 Å². The summed E-state index contributed by atoms with van der Waals surface area (Å²) in [5, 5.41) is 10.3. The Bertz CT molecular complexity index is 260. The van der Waals surface area contributed by atoms with Gasteiger partial charge in [-0.3, -0.25) is 0 Å². The van der Waals surface area contributed by atoms with Gasteiger partial charge < -0.3 is 9.84 Å². The van der Waals surface area contributed by atoms with Crippen molar-refractivity contribution in [2.45, 2.75) is 39.2 Å². The van der Waals surface area contributed by atoms with Crippen LogP contribution in [0.3, 0.4) is 0 Å². The zero-order valence-corrected chi connectivity index (χ0v) is 10.0. The van der Waals surface area contributed by atoms with Crippen LogP contribution in [0.4, 0.5) is 0 Å². The van der Waals surface area contributed by atoms with Crippen molar-refractivity contribution in [1.82, 2.24) is 0 Å². The summed E-state index contributed by atoms with van der Waals surface area (Å²) in [7, 11) is 0. The van der Waals surface area contributed by atoms with Crippen molar-refractivity contribution in [3.63, 3.8) is 0 Å². The summed E-state index contributed by atoms with van der Waals surface area (Å²) < 4.78 is 5.31. The van der Waals surface area contributed by atoms with Crippen LogP contribution >= 0.6 is 0 Å². The minimum Gasteiger partial charge on any atom is -0.389 e. The lowest BCUT2D eigenvalue weighted by Crippen LogP contribution is -2.35. The molecular weight excluding hydrogens is 188 g/mol. The molecule has 1 N–H and O–H groups in total. The molecule has 0 aliphatic carbocycles. The van der Waals surface area contributed by atoms with Gasteiger partial charge in [-0.15, -0.1) is 0 Å². The molecule has 1 saturated heterocycles. The fraction of sp³-hybridized carbons (Fsp3) is 0.692. The third kappa shape index (κ3) is 3.47. The average molecular weight is 210 g/mol. The van der Waals surface area contributed by atoms with Crippen LogP contribution in [0.2, 0.25) is 0 Å². The summed E-state index contributed by atoms with van der Waals surface area (Å²) >= 11 is 0. The van der Waals surface area contributed by atoms with Crippen LogP contribution in [-0.2, 0) is 4.74 Å². The van der Waals surface area contributed by atoms with Crippen LogP contribution in [-0.4, -0.2) is 23.9 Å². The highest BCUT2D eigenvalue weighted by atomic mass is 16.5. The minimum absolute atomic E-state index is 0.100. The highest BCUT2D eigenvalue weighted by molar-refractivity contribution is 5.11. The van der Waals surface area contributed by atoms with Gasteiger partial charge in [0.2, 0.25) is 0 Å². The third-order valence-electron chi connectivity index (χ3n) is 3.02. The van der Waals surface area contributed by atoms with Crippen molar-refractivity contribution >= 4 is 0 Å². The second-order valence-corrected chi connectivity index (χ2v) is 4.90. The molecule has 86 valence electrons. The molecule has 0 aromatic carbocycles. The van der Waals surface area contributed by atoms with Gasteiger partial charge in [0.15, 0.2) is 0 Å². The fourth-order valence-electron chi connectivity index (χ4n) is 1.97. The maximum absolute atomic E-state index is 10.3. The fourth-order valence-corrected chi connectivity index (χ4v) is 1.97. The Labute approximate surface area is 92.6 Å². The SMILES string of the molecule is C=C1COCC1C(C)(O)CCC=C(C)C. The lowest BCUT2D eigenvalue weighted by atomic mass is 9.82. The maximum Gasteiger partial charge on any atom is 0.0710 e. The Balaban J connectivity index is 2.50. The summed E-state index contributed by atoms with van der Waals surface area (Å²) in [5.41, 5.74) is 1.64. The molecular formula is C13H22O2. The summed E-state index contributed by atoms with van der Waals surface area (Å²) in [6, 6.07) is 0. The predicted octanol–water partition coefficient (Wildman–Crippen LogP) is 2.69. The Kier molecular flexibility index (Phi) is 4.12. The van der Waals surface area contributed by atoms with Gasteiger partial charge in [0, 0.05) is 5.92 Å². The normalized spacial score (nSPS) is 25.1. The molecule has 1 aliphatic heterocycles. The van der Waals surface area contributed by atoms with Crippen molar-refractivity contribution in [3.8, 4) is 0 Å². The quantitative estimate of drug-likeness (QED) is 0.723. The van der Waals surface area contributed by atoms with Crippen molar-refractivity contribution < 1.29 is 9.84 Å². The molecule has 0 bridgehead atoms. The second-order valence-electron chi connectivity index (χ2n) is 4.90. The van der Waals surface area contributed by atoms with Crippen molar-refractivity contribution in [3.05, 3.63) is 23.8 Å². The van der Waals surface area contributed by atoms with Crippen LogP contribution in [0.25, 0.3) is 0 Å². The first-order chi connectivity index (χ1) is 6.93. The molecule has 1 heterocycles. The molecule has 2 unspecified atom stereocenters. The van der Waals surface area contributed by atoms with Gasteiger partial charge in [-0.2, -0.15) is 0 Å². The van der Waals surface area contributed by atoms with E-state index in [-0.39, 0.29) is 5.92 Å². The van der Waals surface area contributed by atoms with Crippen LogP contribution in [0, 0.1) is 5.92 Å². The molecule has 0 amide bonds. The Hall–Kier alpha value is -0.600. The van der Waals surface area contributed by atoms with Gasteiger partial charge in [-0.05, 0) is 39.2 Å². The number of ether oxygens (including phenoxy) is 1. The monoisotopic (exact) mass is 210 g/mol. The van der Waals surface area contributed by atoms with Gasteiger partial charge in [0.25, 0.3) is 0 Å². The molecule has 1 aliphatic rings. The molecule has 0 radical (unpaired) electrons. The van der Waals surface area contributed by atoms with E-state index >= 15 is 0 Å². The van der Waals surface area contributed by atoms with E-state index in [1.807, 2.05) is 6.92 Å². The molecule has 2 heteroatoms. The number of allylic oxidation sites excluding steroid dienone is 2. The first kappa shape index (κ1) is 12.5. The number of hydrogen-bond acceptors (Lipinski definition) is 2. The van der Waals surface area contributed by atoms with E-state index in [0.29, 0.717) is 13.2 Å². The first-order valence-electron chi connectivity index (χ1n) is 5.54. The van der Waals surface area contributed by atoms with E-state index < -0.39 is 5.60 Å². The van der Waals surface area contributed by atoms with E-state index in [1.54, 1.807) is 0 Å². The van der Waals surface area contributed by atoms with E-state index in [9.17, 15) is 5.11 Å². The van der Waals surface area contributed by atoms with Gasteiger partial charge in [0.1, 0.15) is 0 Å². The summed E-state index contributed by atoms with van der Waals surface area (Å²) in [6.45, 7) is 11.2. The first-order valence-corrected chi connectivity index (χ1v) is 5.54. The summed E-state index contributed by atoms with van der Waals surface area (Å²) in [6.07, 6.45) is 3.84. The smallest absolute Gasteiger partial charge is 0.0710 e. The number of rotatable bonds is 4. The van der Waals surface area contributed by atoms with E-state index in [4.69, 9.17) is 4.74 Å². The zero-order chi connectivity index (χ0) is 11.5. The Morgan fingerprint density at radius 1 is 1.67 bits per heavy atom. The van der Waals surface area contributed by atoms with Crippen LogP contribution < -0.4 is 0 Å². The lowest BCUT2D eigenvalue weighted by Gasteiger charge is -2.29. The number of hydrogen-bond donors (Lipinski definition) is 1. The Morgan fingerprint density at radius 3 is 2.80 bits per heavy atom. The van der Waals surface area contributed by atoms with Crippen molar-refractivity contribution in [2.24, 2.45) is 5.92 Å². The maximum atomic E-state index is 10.3. The average Bonchev–Trinajstić information content (AvgIpc) is 2.50. The zero-order valence-electron chi connectivity index (χ0n) is 10.0. The highest BCUT2D eigenvalue weighted by Crippen LogP contribution is 2.32. The van der Waals surface area contributed by atoms with Crippen LogP contribution in [0.15, 0.2) is 23.8 Å². The molecule has 1 rings (SSSR count). The van der Waals surface area contributed by atoms with E-state index in [2.05, 4.69) is 26.5 Å². The molecule has 2 nitrogen and oxygen atoms in total. The molecule has 0 saturated carbocycles. The number of aliphatic hydroxyl groups is 1. The van der Waals surface area contributed by atoms with Crippen LogP contribution in [0.5, 0.6) is 0 Å². The predicted molar refractivity (Wildman–Crippen MR) is 62.7 cm³/mol. The van der Waals surface area contributed by atoms with Gasteiger partial charge in [-0.25, -0.2) is 0 Å². The standard InChI is InChI=1S/C13H22O2/c1-10(2)6-5-7-13(4,14)12-9-15-8-11(12)3/h6,12,14H,3,5,7-9H2,1-2,4H3. The minimum atomic E-state index is -0.681. The summed E-state index contributed by atoms with van der Waals surface area (Å²) in [5.74, 6) is 0.100. The topological polar surface area (TPSA) is 29.5 Å². The molecule has 0 aromatic heterocycles. The van der Waals surface area contributed by atoms with Crippen LogP contribution in [0.1, 0.15) is 33.6 Å². The van der Waals surface area contributed by atoms with Gasteiger partial charge in [0.05, 0.1) is 18.8 Å². The largest absolute Gasteiger partial charge is 0.389 e. The molecule has 0 aromatic rings. The molecule has 15 heavy (non-hydrogen) atoms. The van der Waals surface area contributed by atoms with Crippen molar-refractivity contribution in [1.29, 1.82) is 0 Å². The van der Waals surface area contributed by atoms with Gasteiger partial charge >= 0.3 is 0 Å². The lowest BCUT2D eigenvalue weighted by molar-refractivity contribution is -0.00272. The molecule has 1 fully saturated rings. The Morgan fingerprint density at radius 2 is 2.33 bits per heavy atom. The third-order valence-corrected chi connectivity index (χ3v) is 3.02. The van der Waals surface area contributed by atoms with E-state index in [0.717, 1.165) is 18.4 Å². The second kappa shape index (κ2) is 4.95. The highest BCUT2D eigenvalue weighted by Gasteiger charge is 2.36. The summed E-state index contributed by atoms with van der Waals surface area (Å²) in [4.78, 5) is 0. The van der Waals surface area contributed by atoms with E-state index in [1.165, 1.54) is 5.57 Å². The molecule has 0 spiro atoms. The molecule has 2 atom stereocenters. The van der Waals surface area contributed by atoms with Crippen molar-refractivity contribution in [2.75, 3.05) is 13.2 Å².